The summed E-state index contributed by atoms with van der Waals surface area (Å²) in [6.07, 6.45) is 8.76. The van der Waals surface area contributed by atoms with Crippen LogP contribution in [-0.4, -0.2) is 37.2 Å². The Morgan fingerprint density at radius 1 is 1.27 bits per heavy atom. The average molecular weight is 502 g/mol. The number of aryl methyl sites for hydroxylation is 1. The molecule has 3 heterocycles. The molecule has 0 aliphatic heterocycles. The molecule has 2 aliphatic rings. The maximum absolute atomic E-state index is 14.5. The zero-order chi connectivity index (χ0) is 25.6. The summed E-state index contributed by atoms with van der Waals surface area (Å²) < 4.78 is 16.5. The van der Waals surface area contributed by atoms with Gasteiger partial charge in [-0.1, -0.05) is 25.5 Å². The van der Waals surface area contributed by atoms with Crippen molar-refractivity contribution in [3.63, 3.8) is 0 Å². The maximum Gasteiger partial charge on any atom is 0.274 e. The Bertz CT molecular complexity index is 1450. The topological polar surface area (TPSA) is 101 Å². The van der Waals surface area contributed by atoms with E-state index in [0.29, 0.717) is 29.6 Å². The van der Waals surface area contributed by atoms with Crippen LogP contribution in [-0.2, 0) is 19.0 Å². The highest BCUT2D eigenvalue weighted by molar-refractivity contribution is 6.04. The van der Waals surface area contributed by atoms with Crippen LogP contribution in [0.5, 0.6) is 0 Å². The summed E-state index contributed by atoms with van der Waals surface area (Å²) in [5.41, 5.74) is 3.38. The predicted octanol–water partition coefficient (Wildman–Crippen LogP) is 4.69. The second-order valence-electron chi connectivity index (χ2n) is 10.9. The van der Waals surface area contributed by atoms with Crippen LogP contribution < -0.4 is 10.6 Å². The lowest BCUT2D eigenvalue weighted by Crippen LogP contribution is -2.43. The SMILES string of the molecule is CC1CC(c2cccc(NC(=O)c3cc(CNCC4CCC4)c4[nH]cc(F)c4n3)c2)(c2nncn2C)C1. The van der Waals surface area contributed by atoms with E-state index >= 15 is 0 Å². The van der Waals surface area contributed by atoms with E-state index < -0.39 is 5.82 Å². The minimum absolute atomic E-state index is 0.187. The van der Waals surface area contributed by atoms with Gasteiger partial charge < -0.3 is 20.2 Å². The molecule has 3 N–H and O–H groups in total. The van der Waals surface area contributed by atoms with E-state index in [0.717, 1.165) is 36.3 Å². The van der Waals surface area contributed by atoms with E-state index in [-0.39, 0.29) is 22.5 Å². The maximum atomic E-state index is 14.5. The number of anilines is 1. The first-order chi connectivity index (χ1) is 17.9. The van der Waals surface area contributed by atoms with Gasteiger partial charge >= 0.3 is 0 Å². The third-order valence-corrected chi connectivity index (χ3v) is 8.08. The monoisotopic (exact) mass is 501 g/mol. The second-order valence-corrected chi connectivity index (χ2v) is 10.9. The summed E-state index contributed by atoms with van der Waals surface area (Å²) in [4.78, 5) is 20.6. The van der Waals surface area contributed by atoms with Crippen LogP contribution in [0.3, 0.4) is 0 Å². The highest BCUT2D eigenvalue weighted by Crippen LogP contribution is 2.51. The van der Waals surface area contributed by atoms with Crippen LogP contribution in [0.2, 0.25) is 0 Å². The minimum atomic E-state index is -0.461. The molecule has 1 aromatic carbocycles. The Labute approximate surface area is 215 Å². The summed E-state index contributed by atoms with van der Waals surface area (Å²) in [5.74, 6) is 1.39. The molecule has 0 bridgehead atoms. The highest BCUT2D eigenvalue weighted by atomic mass is 19.1. The predicted molar refractivity (Wildman–Crippen MR) is 140 cm³/mol. The fourth-order valence-corrected chi connectivity index (χ4v) is 5.98. The molecule has 37 heavy (non-hydrogen) atoms. The lowest BCUT2D eigenvalue weighted by molar-refractivity contribution is 0.102. The highest BCUT2D eigenvalue weighted by Gasteiger charge is 2.48. The number of hydrogen-bond donors (Lipinski definition) is 3. The Morgan fingerprint density at radius 2 is 2.11 bits per heavy atom. The minimum Gasteiger partial charge on any atom is -0.357 e. The molecule has 4 aromatic rings. The van der Waals surface area contributed by atoms with Crippen LogP contribution >= 0.6 is 0 Å². The quantitative estimate of drug-likeness (QED) is 0.325. The number of nitrogens with zero attached hydrogens (tertiary/aromatic N) is 4. The molecule has 0 atom stereocenters. The van der Waals surface area contributed by atoms with Crippen molar-refractivity contribution in [2.24, 2.45) is 18.9 Å². The van der Waals surface area contributed by atoms with Gasteiger partial charge in [0.05, 0.1) is 10.9 Å². The molecule has 1 amide bonds. The van der Waals surface area contributed by atoms with E-state index in [1.54, 1.807) is 12.4 Å². The lowest BCUT2D eigenvalue weighted by atomic mass is 9.58. The molecule has 2 saturated carbocycles. The summed E-state index contributed by atoms with van der Waals surface area (Å²) >= 11 is 0. The number of H-pyrrole nitrogens is 1. The fourth-order valence-electron chi connectivity index (χ4n) is 5.98. The number of carbonyl (C=O) groups excluding carboxylic acids is 1. The zero-order valence-corrected chi connectivity index (χ0v) is 21.2. The number of halogens is 1. The number of benzene rings is 1. The molecule has 6 rings (SSSR count). The van der Waals surface area contributed by atoms with Crippen molar-refractivity contribution in [2.45, 2.75) is 51.0 Å². The summed E-state index contributed by atoms with van der Waals surface area (Å²) in [6.45, 7) is 3.71. The number of nitrogens with one attached hydrogen (secondary N) is 3. The number of aromatic amines is 1. The first-order valence-corrected chi connectivity index (χ1v) is 13.1. The number of pyridine rings is 1. The Morgan fingerprint density at radius 3 is 2.81 bits per heavy atom. The normalized spacial score (nSPS) is 21.5. The van der Waals surface area contributed by atoms with E-state index in [4.69, 9.17) is 0 Å². The Kier molecular flexibility index (Phi) is 6.03. The van der Waals surface area contributed by atoms with Gasteiger partial charge in [0.2, 0.25) is 0 Å². The van der Waals surface area contributed by atoms with Crippen molar-refractivity contribution in [1.82, 2.24) is 30.0 Å². The smallest absolute Gasteiger partial charge is 0.274 e. The van der Waals surface area contributed by atoms with Gasteiger partial charge in [-0.05, 0) is 73.4 Å². The molecule has 9 heteroatoms. The molecule has 0 spiro atoms. The number of carbonyl (C=O) groups is 1. The van der Waals surface area contributed by atoms with Gasteiger partial charge in [-0.25, -0.2) is 9.37 Å². The summed E-state index contributed by atoms with van der Waals surface area (Å²) in [6, 6.07) is 9.66. The van der Waals surface area contributed by atoms with Gasteiger partial charge in [-0.2, -0.15) is 0 Å². The molecule has 2 aliphatic carbocycles. The van der Waals surface area contributed by atoms with Crippen molar-refractivity contribution < 1.29 is 9.18 Å². The first kappa shape index (κ1) is 23.8. The molecule has 192 valence electrons. The van der Waals surface area contributed by atoms with Crippen LogP contribution in [0.1, 0.15) is 66.5 Å². The van der Waals surface area contributed by atoms with E-state index in [1.165, 1.54) is 25.5 Å². The van der Waals surface area contributed by atoms with Crippen molar-refractivity contribution >= 4 is 22.6 Å². The lowest BCUT2D eigenvalue weighted by Gasteiger charge is -2.46. The van der Waals surface area contributed by atoms with Gasteiger partial charge in [-0.3, -0.25) is 4.79 Å². The third kappa shape index (κ3) is 4.31. The fraction of sp³-hybridized carbons (Fsp3) is 0.429. The Balaban J connectivity index is 1.25. The van der Waals surface area contributed by atoms with E-state index in [9.17, 15) is 9.18 Å². The average Bonchev–Trinajstić information content (AvgIpc) is 3.44. The Hall–Kier alpha value is -3.59. The molecule has 0 radical (unpaired) electrons. The van der Waals surface area contributed by atoms with Crippen LogP contribution in [0.4, 0.5) is 10.1 Å². The largest absolute Gasteiger partial charge is 0.357 e. The van der Waals surface area contributed by atoms with Gasteiger partial charge in [0.15, 0.2) is 5.82 Å². The third-order valence-electron chi connectivity index (χ3n) is 8.08. The number of fused-ring (bicyclic) bond motifs is 1. The number of amides is 1. The van der Waals surface area contributed by atoms with E-state index in [1.807, 2.05) is 29.8 Å². The molecule has 2 fully saturated rings. The number of rotatable bonds is 8. The van der Waals surface area contributed by atoms with Gasteiger partial charge in [0.1, 0.15) is 23.4 Å². The van der Waals surface area contributed by atoms with Gasteiger partial charge in [-0.15, -0.1) is 10.2 Å². The standard InChI is InChI=1S/C28H32FN7O/c1-17-11-28(12-17,27-35-32-16-36(27)2)20-7-4-8-21(10-20)33-26(37)23-9-19(14-30-13-18-5-3-6-18)24-25(34-23)22(29)15-31-24/h4,7-10,15-18,30-31H,3,5-6,11-14H2,1-2H3,(H,33,37). The first-order valence-electron chi connectivity index (χ1n) is 13.1. The van der Waals surface area contributed by atoms with Crippen LogP contribution in [0.25, 0.3) is 11.0 Å². The molecule has 0 saturated heterocycles. The molecule has 3 aromatic heterocycles. The molecule has 8 nitrogen and oxygen atoms in total. The number of aromatic nitrogens is 5. The van der Waals surface area contributed by atoms with Crippen LogP contribution in [0.15, 0.2) is 42.9 Å². The zero-order valence-electron chi connectivity index (χ0n) is 21.2. The molecular formula is C28H32FN7O. The van der Waals surface area contributed by atoms with E-state index in [2.05, 4.69) is 43.8 Å². The summed E-state index contributed by atoms with van der Waals surface area (Å²) in [7, 11) is 1.96. The second kappa shape index (κ2) is 9.37. The van der Waals surface area contributed by atoms with Crippen molar-refractivity contribution in [3.05, 3.63) is 71.3 Å². The molecule has 0 unspecified atom stereocenters. The van der Waals surface area contributed by atoms with Crippen LogP contribution in [0, 0.1) is 17.7 Å². The van der Waals surface area contributed by atoms with Crippen molar-refractivity contribution in [2.75, 3.05) is 11.9 Å². The molecular weight excluding hydrogens is 469 g/mol. The van der Waals surface area contributed by atoms with Gasteiger partial charge in [0.25, 0.3) is 5.91 Å². The van der Waals surface area contributed by atoms with Crippen molar-refractivity contribution in [3.8, 4) is 0 Å². The van der Waals surface area contributed by atoms with Gasteiger partial charge in [0, 0.05) is 25.5 Å². The van der Waals surface area contributed by atoms with Crippen molar-refractivity contribution in [1.29, 1.82) is 0 Å². The summed E-state index contributed by atoms with van der Waals surface area (Å²) in [5, 5.41) is 15.0. The number of hydrogen-bond acceptors (Lipinski definition) is 5.